The van der Waals surface area contributed by atoms with E-state index in [-0.39, 0.29) is 23.8 Å². The molecule has 1 saturated carbocycles. The summed E-state index contributed by atoms with van der Waals surface area (Å²) in [5.74, 6) is -0.815. The number of fused-ring (bicyclic) bond motifs is 2. The first kappa shape index (κ1) is 12.2. The van der Waals surface area contributed by atoms with Gasteiger partial charge in [-0.2, -0.15) is 0 Å². The van der Waals surface area contributed by atoms with Crippen LogP contribution in [0.3, 0.4) is 0 Å². The zero-order valence-electron chi connectivity index (χ0n) is 10.7. The number of hydrogen-bond acceptors (Lipinski definition) is 2. The van der Waals surface area contributed by atoms with E-state index in [4.69, 9.17) is 0 Å². The summed E-state index contributed by atoms with van der Waals surface area (Å²) in [6, 6.07) is 9.47. The van der Waals surface area contributed by atoms with Crippen molar-refractivity contribution in [3.63, 3.8) is 0 Å². The van der Waals surface area contributed by atoms with Crippen LogP contribution in [-0.4, -0.2) is 34.5 Å². The predicted octanol–water partition coefficient (Wildman–Crippen LogP) is 2.01. The number of aliphatic carboxylic acids is 1. The lowest BCUT2D eigenvalue weighted by atomic mass is 9.80. The van der Waals surface area contributed by atoms with E-state index in [0.717, 1.165) is 12.8 Å². The number of amides is 1. The summed E-state index contributed by atoms with van der Waals surface area (Å²) < 4.78 is 0. The number of carbonyl (C=O) groups is 2. The maximum Gasteiger partial charge on any atom is 0.306 e. The van der Waals surface area contributed by atoms with Crippen LogP contribution in [0.2, 0.25) is 0 Å². The van der Waals surface area contributed by atoms with Crippen molar-refractivity contribution < 1.29 is 14.7 Å². The Morgan fingerprint density at radius 3 is 2.58 bits per heavy atom. The van der Waals surface area contributed by atoms with Gasteiger partial charge in [-0.3, -0.25) is 9.59 Å². The Labute approximate surface area is 112 Å². The topological polar surface area (TPSA) is 57.6 Å². The number of nitrogens with zero attached hydrogens (tertiary/aromatic N) is 1. The third kappa shape index (κ3) is 2.11. The maximum atomic E-state index is 12.4. The summed E-state index contributed by atoms with van der Waals surface area (Å²) in [5.41, 5.74) is 0.696. The molecule has 2 aliphatic rings. The van der Waals surface area contributed by atoms with Crippen molar-refractivity contribution in [1.29, 1.82) is 0 Å². The first-order valence-electron chi connectivity index (χ1n) is 6.75. The van der Waals surface area contributed by atoms with Gasteiger partial charge in [-0.25, -0.2) is 0 Å². The molecular weight excluding hydrogens is 242 g/mol. The second kappa shape index (κ2) is 4.68. The molecule has 0 radical (unpaired) electrons. The van der Waals surface area contributed by atoms with Crippen LogP contribution in [0.4, 0.5) is 0 Å². The molecule has 1 saturated heterocycles. The second-order valence-corrected chi connectivity index (χ2v) is 5.50. The van der Waals surface area contributed by atoms with Crippen LogP contribution >= 0.6 is 0 Å². The molecular formula is C15H17NO3. The van der Waals surface area contributed by atoms with E-state index >= 15 is 0 Å². The Hall–Kier alpha value is -1.84. The predicted molar refractivity (Wildman–Crippen MR) is 69.7 cm³/mol. The smallest absolute Gasteiger partial charge is 0.306 e. The van der Waals surface area contributed by atoms with Gasteiger partial charge in [-0.05, 0) is 37.3 Å². The third-order valence-corrected chi connectivity index (χ3v) is 4.43. The van der Waals surface area contributed by atoms with Gasteiger partial charge in [0.25, 0.3) is 5.91 Å². The van der Waals surface area contributed by atoms with Gasteiger partial charge in [0.2, 0.25) is 0 Å². The number of carboxylic acid groups (broad SMARTS) is 1. The van der Waals surface area contributed by atoms with E-state index in [1.807, 2.05) is 35.2 Å². The van der Waals surface area contributed by atoms with E-state index in [1.54, 1.807) is 0 Å². The highest BCUT2D eigenvalue weighted by molar-refractivity contribution is 5.94. The SMILES string of the molecule is O=C(O)C1CCC2CC1CN2C(=O)c1ccccc1. The quantitative estimate of drug-likeness (QED) is 0.884. The van der Waals surface area contributed by atoms with Crippen molar-refractivity contribution in [2.24, 2.45) is 11.8 Å². The first-order chi connectivity index (χ1) is 9.16. The number of rotatable bonds is 2. The molecule has 19 heavy (non-hydrogen) atoms. The molecule has 100 valence electrons. The van der Waals surface area contributed by atoms with E-state index in [2.05, 4.69) is 0 Å². The highest BCUT2D eigenvalue weighted by Gasteiger charge is 2.45. The maximum absolute atomic E-state index is 12.4. The molecule has 1 aromatic carbocycles. The zero-order valence-corrected chi connectivity index (χ0v) is 10.7. The van der Waals surface area contributed by atoms with Crippen molar-refractivity contribution in [1.82, 2.24) is 4.90 Å². The van der Waals surface area contributed by atoms with Crippen molar-refractivity contribution in [2.75, 3.05) is 6.54 Å². The molecule has 0 spiro atoms. The lowest BCUT2D eigenvalue weighted by molar-refractivity contribution is -0.144. The Morgan fingerprint density at radius 2 is 1.89 bits per heavy atom. The molecule has 1 N–H and O–H groups in total. The van der Waals surface area contributed by atoms with Crippen LogP contribution in [0, 0.1) is 11.8 Å². The number of carboxylic acids is 1. The lowest BCUT2D eigenvalue weighted by Gasteiger charge is -2.26. The fourth-order valence-electron chi connectivity index (χ4n) is 3.45. The summed E-state index contributed by atoms with van der Waals surface area (Å²) in [7, 11) is 0. The molecule has 1 heterocycles. The van der Waals surface area contributed by atoms with E-state index in [9.17, 15) is 14.7 Å². The molecule has 4 heteroatoms. The standard InChI is InChI=1S/C15H17NO3/c17-14(10-4-2-1-3-5-10)16-9-11-8-12(16)6-7-13(11)15(18)19/h1-5,11-13H,6-9H2,(H,18,19). The number of carbonyl (C=O) groups excluding carboxylic acids is 1. The Kier molecular flexibility index (Phi) is 3.01. The van der Waals surface area contributed by atoms with Crippen LogP contribution in [0.15, 0.2) is 30.3 Å². The fraction of sp³-hybridized carbons (Fsp3) is 0.467. The van der Waals surface area contributed by atoms with E-state index in [0.29, 0.717) is 18.5 Å². The van der Waals surface area contributed by atoms with Gasteiger partial charge in [-0.1, -0.05) is 18.2 Å². The van der Waals surface area contributed by atoms with Gasteiger partial charge in [-0.15, -0.1) is 0 Å². The molecule has 0 aromatic heterocycles. The van der Waals surface area contributed by atoms with E-state index in [1.165, 1.54) is 0 Å². The van der Waals surface area contributed by atoms with Crippen LogP contribution in [-0.2, 0) is 4.79 Å². The normalized spacial score (nSPS) is 29.3. The van der Waals surface area contributed by atoms with Gasteiger partial charge >= 0.3 is 5.97 Å². The Bertz CT molecular complexity index is 499. The van der Waals surface area contributed by atoms with Gasteiger partial charge in [0.1, 0.15) is 0 Å². The number of hydrogen-bond donors (Lipinski definition) is 1. The molecule has 1 aliphatic heterocycles. The van der Waals surface area contributed by atoms with Crippen LogP contribution in [0.5, 0.6) is 0 Å². The monoisotopic (exact) mass is 259 g/mol. The van der Waals surface area contributed by atoms with Gasteiger partial charge < -0.3 is 10.0 Å². The lowest BCUT2D eigenvalue weighted by Crippen LogP contribution is -2.35. The minimum absolute atomic E-state index is 0.0409. The van der Waals surface area contributed by atoms with Crippen molar-refractivity contribution >= 4 is 11.9 Å². The largest absolute Gasteiger partial charge is 0.481 e. The van der Waals surface area contributed by atoms with E-state index < -0.39 is 5.97 Å². The minimum Gasteiger partial charge on any atom is -0.481 e. The van der Waals surface area contributed by atoms with Gasteiger partial charge in [0.15, 0.2) is 0 Å². The summed E-state index contributed by atoms with van der Waals surface area (Å²) in [5, 5.41) is 9.20. The molecule has 3 atom stereocenters. The number of likely N-dealkylation sites (tertiary alicyclic amines) is 1. The Balaban J connectivity index is 1.78. The van der Waals surface area contributed by atoms with Crippen LogP contribution in [0.25, 0.3) is 0 Å². The van der Waals surface area contributed by atoms with Crippen molar-refractivity contribution in [3.8, 4) is 0 Å². The van der Waals surface area contributed by atoms with Gasteiger partial charge in [0, 0.05) is 18.2 Å². The first-order valence-corrected chi connectivity index (χ1v) is 6.75. The molecule has 1 aromatic rings. The highest BCUT2D eigenvalue weighted by Crippen LogP contribution is 2.40. The molecule has 3 unspecified atom stereocenters. The summed E-state index contributed by atoms with van der Waals surface area (Å²) in [4.78, 5) is 25.5. The zero-order chi connectivity index (χ0) is 13.4. The molecule has 2 bridgehead atoms. The molecule has 4 nitrogen and oxygen atoms in total. The molecule has 1 aliphatic carbocycles. The highest BCUT2D eigenvalue weighted by atomic mass is 16.4. The molecule has 2 fully saturated rings. The third-order valence-electron chi connectivity index (χ3n) is 4.43. The Morgan fingerprint density at radius 1 is 1.16 bits per heavy atom. The van der Waals surface area contributed by atoms with Gasteiger partial charge in [0.05, 0.1) is 5.92 Å². The second-order valence-electron chi connectivity index (χ2n) is 5.50. The number of benzene rings is 1. The average molecular weight is 259 g/mol. The minimum atomic E-state index is -0.711. The summed E-state index contributed by atoms with van der Waals surface area (Å²) in [6.07, 6.45) is 2.35. The molecule has 1 amide bonds. The van der Waals surface area contributed by atoms with Crippen molar-refractivity contribution in [2.45, 2.75) is 25.3 Å². The average Bonchev–Trinajstić information content (AvgIpc) is 2.75. The fourth-order valence-corrected chi connectivity index (χ4v) is 3.45. The van der Waals surface area contributed by atoms with Crippen LogP contribution in [0.1, 0.15) is 29.6 Å². The van der Waals surface area contributed by atoms with Crippen molar-refractivity contribution in [3.05, 3.63) is 35.9 Å². The summed E-state index contributed by atoms with van der Waals surface area (Å²) in [6.45, 7) is 0.593. The molecule has 3 rings (SSSR count). The summed E-state index contributed by atoms with van der Waals surface area (Å²) >= 11 is 0. The van der Waals surface area contributed by atoms with Crippen LogP contribution < -0.4 is 0 Å².